The molecule has 1 heterocycles. The van der Waals surface area contributed by atoms with E-state index in [1.54, 1.807) is 0 Å². The molecule has 1 rings (SSSR count). The summed E-state index contributed by atoms with van der Waals surface area (Å²) in [6.45, 7) is 6.10. The molecule has 4 heteroatoms. The van der Waals surface area contributed by atoms with Crippen LogP contribution in [0.15, 0.2) is 0 Å². The lowest BCUT2D eigenvalue weighted by atomic mass is 10.2. The van der Waals surface area contributed by atoms with Crippen LogP contribution in [0.25, 0.3) is 0 Å². The Kier molecular flexibility index (Phi) is 4.14. The van der Waals surface area contributed by atoms with Crippen LogP contribution in [0.2, 0.25) is 10.3 Å². The van der Waals surface area contributed by atoms with E-state index < -0.39 is 0 Å². The highest BCUT2D eigenvalue weighted by Gasteiger charge is 2.12. The number of rotatable bonds is 3. The molecule has 0 radical (unpaired) electrons. The lowest BCUT2D eigenvalue weighted by Gasteiger charge is -2.08. The van der Waals surface area contributed by atoms with Gasteiger partial charge in [0.15, 0.2) is 0 Å². The van der Waals surface area contributed by atoms with E-state index in [4.69, 9.17) is 23.2 Å². The summed E-state index contributed by atoms with van der Waals surface area (Å²) in [4.78, 5) is 8.44. The van der Waals surface area contributed by atoms with E-state index in [0.29, 0.717) is 16.1 Å². The highest BCUT2D eigenvalue weighted by molar-refractivity contribution is 6.34. The van der Waals surface area contributed by atoms with Gasteiger partial charge in [0, 0.05) is 11.5 Å². The van der Waals surface area contributed by atoms with E-state index in [9.17, 15) is 0 Å². The van der Waals surface area contributed by atoms with Gasteiger partial charge in [0.2, 0.25) is 0 Å². The normalized spacial score (nSPS) is 11.0. The van der Waals surface area contributed by atoms with Crippen LogP contribution >= 0.6 is 23.2 Å². The van der Waals surface area contributed by atoms with Gasteiger partial charge >= 0.3 is 0 Å². The lowest BCUT2D eigenvalue weighted by molar-refractivity contribution is 0.764. The molecule has 0 aliphatic rings. The maximum Gasteiger partial charge on any atom is 0.137 e. The smallest absolute Gasteiger partial charge is 0.137 e. The summed E-state index contributed by atoms with van der Waals surface area (Å²) in [5.41, 5.74) is 0.861. The third-order valence-corrected chi connectivity index (χ3v) is 2.57. The summed E-state index contributed by atoms with van der Waals surface area (Å²) < 4.78 is 0. The predicted octanol–water partition coefficient (Wildman–Crippen LogP) is 3.86. The molecule has 0 bridgehead atoms. The molecule has 0 N–H and O–H groups in total. The van der Waals surface area contributed by atoms with E-state index >= 15 is 0 Å². The zero-order valence-electron chi connectivity index (χ0n) is 8.64. The van der Waals surface area contributed by atoms with Crippen LogP contribution in [0.5, 0.6) is 0 Å². The fourth-order valence-electron chi connectivity index (χ4n) is 1.16. The lowest BCUT2D eigenvalue weighted by Crippen LogP contribution is -2.02. The fraction of sp³-hybridized carbons (Fsp3) is 0.600. The van der Waals surface area contributed by atoms with Gasteiger partial charge in [-0.25, -0.2) is 9.97 Å². The Hall–Kier alpha value is -0.340. The molecule has 0 spiro atoms. The van der Waals surface area contributed by atoms with Gasteiger partial charge in [0.05, 0.1) is 0 Å². The van der Waals surface area contributed by atoms with Crippen LogP contribution in [-0.2, 0) is 6.42 Å². The second-order valence-corrected chi connectivity index (χ2v) is 4.26. The largest absolute Gasteiger partial charge is 0.221 e. The van der Waals surface area contributed by atoms with E-state index in [1.807, 2.05) is 13.8 Å². The van der Waals surface area contributed by atoms with Gasteiger partial charge < -0.3 is 0 Å². The van der Waals surface area contributed by atoms with Crippen LogP contribution in [0, 0.1) is 0 Å². The Morgan fingerprint density at radius 2 is 1.64 bits per heavy atom. The molecule has 2 nitrogen and oxygen atoms in total. The molecule has 1 aromatic heterocycles. The first-order valence-electron chi connectivity index (χ1n) is 4.78. The van der Waals surface area contributed by atoms with Crippen molar-refractivity contribution in [2.24, 2.45) is 0 Å². The minimum absolute atomic E-state index is 0.251. The van der Waals surface area contributed by atoms with Crippen molar-refractivity contribution in [1.82, 2.24) is 9.97 Å². The SMILES string of the molecule is CCCc1c(Cl)nc(C(C)C)nc1Cl. The minimum Gasteiger partial charge on any atom is -0.221 e. The van der Waals surface area contributed by atoms with E-state index in [2.05, 4.69) is 16.9 Å². The molecule has 0 fully saturated rings. The maximum atomic E-state index is 6.02. The zero-order chi connectivity index (χ0) is 10.7. The van der Waals surface area contributed by atoms with Gasteiger partial charge in [-0.15, -0.1) is 0 Å². The second kappa shape index (κ2) is 4.94. The van der Waals surface area contributed by atoms with Crippen molar-refractivity contribution in [3.63, 3.8) is 0 Å². The Bertz CT molecular complexity index is 301. The van der Waals surface area contributed by atoms with Crippen molar-refractivity contribution in [2.45, 2.75) is 39.5 Å². The van der Waals surface area contributed by atoms with Crippen molar-refractivity contribution in [1.29, 1.82) is 0 Å². The average Bonchev–Trinajstić information content (AvgIpc) is 2.10. The molecule has 0 unspecified atom stereocenters. The van der Waals surface area contributed by atoms with Crippen molar-refractivity contribution in [2.75, 3.05) is 0 Å². The Morgan fingerprint density at radius 3 is 2.00 bits per heavy atom. The molecule has 0 atom stereocenters. The van der Waals surface area contributed by atoms with E-state index in [-0.39, 0.29) is 5.92 Å². The second-order valence-electron chi connectivity index (χ2n) is 3.55. The van der Waals surface area contributed by atoms with Crippen molar-refractivity contribution < 1.29 is 0 Å². The zero-order valence-corrected chi connectivity index (χ0v) is 10.2. The monoisotopic (exact) mass is 232 g/mol. The predicted molar refractivity (Wildman–Crippen MR) is 60.1 cm³/mol. The molecular formula is C10H14Cl2N2. The quantitative estimate of drug-likeness (QED) is 0.741. The summed E-state index contributed by atoms with van der Waals surface area (Å²) in [7, 11) is 0. The molecule has 1 aromatic rings. The standard InChI is InChI=1S/C10H14Cl2N2/c1-4-5-7-8(11)13-10(6(2)3)14-9(7)12/h6H,4-5H2,1-3H3. The number of hydrogen-bond acceptors (Lipinski definition) is 2. The fourth-order valence-corrected chi connectivity index (χ4v) is 1.75. The van der Waals surface area contributed by atoms with Crippen LogP contribution in [0.4, 0.5) is 0 Å². The van der Waals surface area contributed by atoms with Gasteiger partial charge in [-0.1, -0.05) is 50.4 Å². The molecule has 0 aliphatic carbocycles. The first-order valence-corrected chi connectivity index (χ1v) is 5.53. The Balaban J connectivity index is 3.11. The van der Waals surface area contributed by atoms with Gasteiger partial charge in [-0.05, 0) is 6.42 Å². The Labute approximate surface area is 94.7 Å². The minimum atomic E-state index is 0.251. The van der Waals surface area contributed by atoms with Crippen LogP contribution in [0.1, 0.15) is 44.5 Å². The summed E-state index contributed by atoms with van der Waals surface area (Å²) >= 11 is 12.0. The first-order chi connectivity index (χ1) is 6.56. The van der Waals surface area contributed by atoms with E-state index in [0.717, 1.165) is 18.4 Å². The van der Waals surface area contributed by atoms with Gasteiger partial charge in [-0.2, -0.15) is 0 Å². The summed E-state index contributed by atoms with van der Waals surface area (Å²) in [5, 5.41) is 0.992. The molecular weight excluding hydrogens is 219 g/mol. The molecule has 0 amide bonds. The molecule has 0 saturated heterocycles. The highest BCUT2D eigenvalue weighted by atomic mass is 35.5. The summed E-state index contributed by atoms with van der Waals surface area (Å²) in [6, 6.07) is 0. The number of nitrogens with zero attached hydrogens (tertiary/aromatic N) is 2. The van der Waals surface area contributed by atoms with Gasteiger partial charge in [0.25, 0.3) is 0 Å². The number of halogens is 2. The highest BCUT2D eigenvalue weighted by Crippen LogP contribution is 2.24. The van der Waals surface area contributed by atoms with Crippen LogP contribution in [-0.4, -0.2) is 9.97 Å². The molecule has 0 saturated carbocycles. The van der Waals surface area contributed by atoms with Crippen molar-refractivity contribution in [3.8, 4) is 0 Å². The number of hydrogen-bond donors (Lipinski definition) is 0. The number of aromatic nitrogens is 2. The van der Waals surface area contributed by atoms with Crippen molar-refractivity contribution in [3.05, 3.63) is 21.7 Å². The average molecular weight is 233 g/mol. The van der Waals surface area contributed by atoms with Crippen molar-refractivity contribution >= 4 is 23.2 Å². The van der Waals surface area contributed by atoms with E-state index in [1.165, 1.54) is 0 Å². The third kappa shape index (κ3) is 2.58. The molecule has 0 aromatic carbocycles. The summed E-state index contributed by atoms with van der Waals surface area (Å²) in [6.07, 6.45) is 1.82. The summed E-state index contributed by atoms with van der Waals surface area (Å²) in [5.74, 6) is 0.959. The topological polar surface area (TPSA) is 25.8 Å². The third-order valence-electron chi connectivity index (χ3n) is 1.94. The first kappa shape index (κ1) is 11.7. The molecule has 78 valence electrons. The maximum absolute atomic E-state index is 6.02. The molecule has 14 heavy (non-hydrogen) atoms. The van der Waals surface area contributed by atoms with Gasteiger partial charge in [-0.3, -0.25) is 0 Å². The molecule has 0 aliphatic heterocycles. The van der Waals surface area contributed by atoms with Crippen LogP contribution in [0.3, 0.4) is 0 Å². The Morgan fingerprint density at radius 1 is 1.14 bits per heavy atom. The van der Waals surface area contributed by atoms with Gasteiger partial charge in [0.1, 0.15) is 16.1 Å². The van der Waals surface area contributed by atoms with Crippen LogP contribution < -0.4 is 0 Å².